The van der Waals surface area contributed by atoms with Crippen molar-refractivity contribution in [3.8, 4) is 0 Å². The summed E-state index contributed by atoms with van der Waals surface area (Å²) in [5.74, 6) is -0.163. The molecule has 1 aromatic heterocycles. The van der Waals surface area contributed by atoms with Gasteiger partial charge in [-0.1, -0.05) is 6.07 Å². The van der Waals surface area contributed by atoms with Crippen molar-refractivity contribution >= 4 is 11.7 Å². The van der Waals surface area contributed by atoms with Gasteiger partial charge >= 0.3 is 6.03 Å². The number of anilines is 1. The highest BCUT2D eigenvalue weighted by Gasteiger charge is 2.12. The summed E-state index contributed by atoms with van der Waals surface area (Å²) in [7, 11) is 0. The fourth-order valence-corrected chi connectivity index (χ4v) is 1.67. The molecule has 106 valence electrons. The van der Waals surface area contributed by atoms with E-state index in [1.54, 1.807) is 25.1 Å². The maximum atomic E-state index is 13.4. The van der Waals surface area contributed by atoms with Crippen molar-refractivity contribution in [1.29, 1.82) is 0 Å². The zero-order valence-corrected chi connectivity index (χ0v) is 10.9. The first-order chi connectivity index (χ1) is 9.56. The number of urea groups is 1. The average molecular weight is 278 g/mol. The van der Waals surface area contributed by atoms with E-state index in [4.69, 9.17) is 4.42 Å². The Kier molecular flexibility index (Phi) is 4.37. The Labute approximate surface area is 115 Å². The molecular formula is C14H15FN2O3. The molecule has 0 aliphatic rings. The van der Waals surface area contributed by atoms with Crippen LogP contribution in [0.3, 0.4) is 0 Å². The number of hydrogen-bond acceptors (Lipinski definition) is 3. The van der Waals surface area contributed by atoms with Gasteiger partial charge in [0.25, 0.3) is 0 Å². The van der Waals surface area contributed by atoms with Gasteiger partial charge in [0, 0.05) is 0 Å². The second kappa shape index (κ2) is 6.21. The number of amides is 2. The maximum Gasteiger partial charge on any atom is 0.319 e. The predicted octanol–water partition coefficient (Wildman–Crippen LogP) is 2.58. The third-order valence-electron chi connectivity index (χ3n) is 2.70. The van der Waals surface area contributed by atoms with Gasteiger partial charge in [0.15, 0.2) is 0 Å². The fourth-order valence-electron chi connectivity index (χ4n) is 1.67. The van der Waals surface area contributed by atoms with Crippen LogP contribution in [0.25, 0.3) is 0 Å². The number of aryl methyl sites for hydroxylation is 1. The van der Waals surface area contributed by atoms with E-state index in [0.717, 1.165) is 5.56 Å². The molecule has 1 aromatic carbocycles. The lowest BCUT2D eigenvalue weighted by Crippen LogP contribution is -2.32. The summed E-state index contributed by atoms with van der Waals surface area (Å²) < 4.78 is 18.4. The van der Waals surface area contributed by atoms with E-state index in [0.29, 0.717) is 5.76 Å². The Hall–Kier alpha value is -2.34. The summed E-state index contributed by atoms with van der Waals surface area (Å²) in [5, 5.41) is 14.5. The average Bonchev–Trinajstić information content (AvgIpc) is 2.94. The molecule has 0 saturated carbocycles. The van der Waals surface area contributed by atoms with Gasteiger partial charge in [0.05, 0.1) is 18.5 Å². The second-order valence-electron chi connectivity index (χ2n) is 4.35. The molecule has 0 aliphatic heterocycles. The summed E-state index contributed by atoms with van der Waals surface area (Å²) in [6, 6.07) is 7.06. The highest BCUT2D eigenvalue weighted by Crippen LogP contribution is 2.15. The SMILES string of the molecule is Cc1ccc(F)c(NC(=O)NCC(O)c2ccco2)c1. The van der Waals surface area contributed by atoms with E-state index >= 15 is 0 Å². The van der Waals surface area contributed by atoms with Crippen molar-refractivity contribution in [2.24, 2.45) is 0 Å². The molecule has 3 N–H and O–H groups in total. The van der Waals surface area contributed by atoms with Crippen molar-refractivity contribution in [2.45, 2.75) is 13.0 Å². The minimum absolute atomic E-state index is 0.0349. The van der Waals surface area contributed by atoms with Gasteiger partial charge in [-0.05, 0) is 36.8 Å². The maximum absolute atomic E-state index is 13.4. The van der Waals surface area contributed by atoms with Crippen LogP contribution < -0.4 is 10.6 Å². The first-order valence-corrected chi connectivity index (χ1v) is 6.08. The molecule has 1 heterocycles. The molecule has 0 spiro atoms. The van der Waals surface area contributed by atoms with Gasteiger partial charge in [-0.25, -0.2) is 9.18 Å². The van der Waals surface area contributed by atoms with Crippen LogP contribution in [-0.2, 0) is 0 Å². The standard InChI is InChI=1S/C14H15FN2O3/c1-9-4-5-10(15)11(7-9)17-14(19)16-8-12(18)13-3-2-6-20-13/h2-7,12,18H,8H2,1H3,(H2,16,17,19). The van der Waals surface area contributed by atoms with E-state index in [9.17, 15) is 14.3 Å². The third-order valence-corrected chi connectivity index (χ3v) is 2.70. The zero-order chi connectivity index (χ0) is 14.5. The molecule has 0 fully saturated rings. The van der Waals surface area contributed by atoms with E-state index in [1.165, 1.54) is 18.4 Å². The van der Waals surface area contributed by atoms with Crippen LogP contribution in [0.4, 0.5) is 14.9 Å². The first-order valence-electron chi connectivity index (χ1n) is 6.08. The number of aliphatic hydroxyl groups is 1. The molecule has 0 saturated heterocycles. The van der Waals surface area contributed by atoms with Gasteiger partial charge in [-0.2, -0.15) is 0 Å². The minimum atomic E-state index is -0.946. The number of furan rings is 1. The Bertz CT molecular complexity index is 584. The summed E-state index contributed by atoms with van der Waals surface area (Å²) >= 11 is 0. The number of rotatable bonds is 4. The molecule has 2 amide bonds. The van der Waals surface area contributed by atoms with Gasteiger partial charge in [0.2, 0.25) is 0 Å². The van der Waals surface area contributed by atoms with Gasteiger partial charge < -0.3 is 20.2 Å². The molecule has 1 unspecified atom stereocenters. The molecule has 1 atom stereocenters. The third kappa shape index (κ3) is 3.58. The quantitative estimate of drug-likeness (QED) is 0.804. The largest absolute Gasteiger partial charge is 0.467 e. The molecule has 20 heavy (non-hydrogen) atoms. The number of hydrogen-bond donors (Lipinski definition) is 3. The Morgan fingerprint density at radius 1 is 1.45 bits per heavy atom. The molecule has 0 bridgehead atoms. The normalized spacial score (nSPS) is 11.9. The van der Waals surface area contributed by atoms with Crippen LogP contribution in [0.5, 0.6) is 0 Å². The Balaban J connectivity index is 1.88. The Morgan fingerprint density at radius 2 is 2.25 bits per heavy atom. The highest BCUT2D eigenvalue weighted by molar-refractivity contribution is 5.89. The van der Waals surface area contributed by atoms with Crippen LogP contribution in [0, 0.1) is 12.7 Å². The molecular weight excluding hydrogens is 263 g/mol. The minimum Gasteiger partial charge on any atom is -0.467 e. The van der Waals surface area contributed by atoms with Crippen LogP contribution in [-0.4, -0.2) is 17.7 Å². The van der Waals surface area contributed by atoms with Crippen molar-refractivity contribution in [2.75, 3.05) is 11.9 Å². The molecule has 5 nitrogen and oxygen atoms in total. The second-order valence-corrected chi connectivity index (χ2v) is 4.35. The Morgan fingerprint density at radius 3 is 2.95 bits per heavy atom. The zero-order valence-electron chi connectivity index (χ0n) is 10.9. The number of benzene rings is 1. The summed E-state index contributed by atoms with van der Waals surface area (Å²) in [6.45, 7) is 1.76. The van der Waals surface area contributed by atoms with E-state index in [-0.39, 0.29) is 12.2 Å². The van der Waals surface area contributed by atoms with Gasteiger partial charge in [-0.15, -0.1) is 0 Å². The molecule has 0 aliphatic carbocycles. The number of nitrogens with one attached hydrogen (secondary N) is 2. The summed E-state index contributed by atoms with van der Waals surface area (Å²) in [5.41, 5.74) is 0.923. The lowest BCUT2D eigenvalue weighted by Gasteiger charge is -2.11. The molecule has 2 aromatic rings. The van der Waals surface area contributed by atoms with Crippen LogP contribution in [0.2, 0.25) is 0 Å². The fraction of sp³-hybridized carbons (Fsp3) is 0.214. The highest BCUT2D eigenvalue weighted by atomic mass is 19.1. The lowest BCUT2D eigenvalue weighted by atomic mass is 10.2. The lowest BCUT2D eigenvalue weighted by molar-refractivity contribution is 0.149. The number of aliphatic hydroxyl groups excluding tert-OH is 1. The molecule has 0 radical (unpaired) electrons. The molecule has 2 rings (SSSR count). The van der Waals surface area contributed by atoms with Crippen LogP contribution >= 0.6 is 0 Å². The smallest absolute Gasteiger partial charge is 0.319 e. The van der Waals surface area contributed by atoms with Crippen molar-refractivity contribution in [3.05, 3.63) is 53.7 Å². The first kappa shape index (κ1) is 14.1. The van der Waals surface area contributed by atoms with Gasteiger partial charge in [-0.3, -0.25) is 0 Å². The number of carbonyl (C=O) groups excluding carboxylic acids is 1. The van der Waals surface area contributed by atoms with Crippen molar-refractivity contribution in [1.82, 2.24) is 5.32 Å². The molecule has 6 heteroatoms. The summed E-state index contributed by atoms with van der Waals surface area (Å²) in [6.07, 6.45) is 0.485. The number of carbonyl (C=O) groups is 1. The van der Waals surface area contributed by atoms with E-state index < -0.39 is 18.0 Å². The topological polar surface area (TPSA) is 74.5 Å². The van der Waals surface area contributed by atoms with Gasteiger partial charge in [0.1, 0.15) is 17.7 Å². The summed E-state index contributed by atoms with van der Waals surface area (Å²) in [4.78, 5) is 11.6. The van der Waals surface area contributed by atoms with Crippen LogP contribution in [0.1, 0.15) is 17.4 Å². The van der Waals surface area contributed by atoms with E-state index in [1.807, 2.05) is 0 Å². The monoisotopic (exact) mass is 278 g/mol. The van der Waals surface area contributed by atoms with Crippen molar-refractivity contribution in [3.63, 3.8) is 0 Å². The van der Waals surface area contributed by atoms with E-state index in [2.05, 4.69) is 10.6 Å². The number of halogens is 1. The van der Waals surface area contributed by atoms with Crippen molar-refractivity contribution < 1.29 is 18.7 Å². The van der Waals surface area contributed by atoms with Crippen LogP contribution in [0.15, 0.2) is 41.0 Å². The predicted molar refractivity (Wildman–Crippen MR) is 71.8 cm³/mol.